The molecule has 3 N–H and O–H groups in total. The van der Waals surface area contributed by atoms with E-state index in [1.165, 1.54) is 11.8 Å². The second kappa shape index (κ2) is 7.60. The first-order chi connectivity index (χ1) is 11.6. The molecule has 0 aliphatic carbocycles. The smallest absolute Gasteiger partial charge is 0.291 e. The molecule has 132 valence electrons. The van der Waals surface area contributed by atoms with Gasteiger partial charge in [0.1, 0.15) is 5.02 Å². The van der Waals surface area contributed by atoms with E-state index in [9.17, 15) is 4.79 Å². The summed E-state index contributed by atoms with van der Waals surface area (Å²) in [6.45, 7) is 6.40. The third kappa shape index (κ3) is 4.63. The van der Waals surface area contributed by atoms with E-state index < -0.39 is 5.91 Å². The Morgan fingerprint density at radius 2 is 1.76 bits per heavy atom. The zero-order valence-corrected chi connectivity index (χ0v) is 16.2. The number of carbonyl (C=O) groups is 1. The summed E-state index contributed by atoms with van der Waals surface area (Å²) in [6.07, 6.45) is 1.51. The largest absolute Gasteiger partial charge is 0.396 e. The number of hydrazone groups is 1. The third-order valence-corrected chi connectivity index (χ3v) is 4.58. The van der Waals surface area contributed by atoms with Crippen molar-refractivity contribution in [3.8, 4) is 0 Å². The number of aromatic nitrogens is 1. The summed E-state index contributed by atoms with van der Waals surface area (Å²) in [4.78, 5) is 16.0. The molecule has 0 unspecified atom stereocenters. The van der Waals surface area contributed by atoms with Crippen LogP contribution in [-0.4, -0.2) is 17.1 Å². The van der Waals surface area contributed by atoms with Gasteiger partial charge in [-0.15, -0.1) is 0 Å². The molecule has 8 heteroatoms. The second-order valence-electron chi connectivity index (χ2n) is 6.36. The zero-order chi connectivity index (χ0) is 18.8. The van der Waals surface area contributed by atoms with E-state index >= 15 is 0 Å². The molecule has 0 atom stereocenters. The van der Waals surface area contributed by atoms with Gasteiger partial charge >= 0.3 is 0 Å². The van der Waals surface area contributed by atoms with Gasteiger partial charge < -0.3 is 5.73 Å². The number of anilines is 1. The normalized spacial score (nSPS) is 11.8. The molecular formula is C17H17Cl3N4O. The van der Waals surface area contributed by atoms with Crippen LogP contribution in [0.15, 0.2) is 29.4 Å². The number of carbonyl (C=O) groups excluding carboxylic acids is 1. The SMILES string of the molecule is CC(C)(C)c1ccc(/C=N/NC(=O)c2nc(Cl)c(Cl)c(N)c2Cl)cc1. The van der Waals surface area contributed by atoms with Crippen molar-refractivity contribution in [2.75, 3.05) is 5.73 Å². The molecule has 0 radical (unpaired) electrons. The van der Waals surface area contributed by atoms with Crippen LogP contribution in [-0.2, 0) is 5.41 Å². The van der Waals surface area contributed by atoms with E-state index in [-0.39, 0.29) is 32.0 Å². The monoisotopic (exact) mass is 398 g/mol. The molecule has 2 aromatic rings. The van der Waals surface area contributed by atoms with Crippen molar-refractivity contribution < 1.29 is 4.79 Å². The number of nitrogens with one attached hydrogen (secondary N) is 1. The fourth-order valence-corrected chi connectivity index (χ4v) is 2.56. The topological polar surface area (TPSA) is 80.4 Å². The van der Waals surface area contributed by atoms with Gasteiger partial charge in [-0.1, -0.05) is 79.8 Å². The molecule has 0 saturated heterocycles. The van der Waals surface area contributed by atoms with Gasteiger partial charge in [0, 0.05) is 0 Å². The first-order valence-electron chi connectivity index (χ1n) is 7.35. The van der Waals surface area contributed by atoms with Crippen LogP contribution < -0.4 is 11.2 Å². The highest BCUT2D eigenvalue weighted by atomic mass is 35.5. The number of nitrogen functional groups attached to an aromatic ring is 1. The van der Waals surface area contributed by atoms with Gasteiger partial charge in [-0.25, -0.2) is 10.4 Å². The maximum atomic E-state index is 12.1. The molecule has 1 aromatic carbocycles. The lowest BCUT2D eigenvalue weighted by Gasteiger charge is -2.18. The van der Waals surface area contributed by atoms with Crippen LogP contribution in [0.25, 0.3) is 0 Å². The zero-order valence-electron chi connectivity index (χ0n) is 13.9. The lowest BCUT2D eigenvalue weighted by Crippen LogP contribution is -2.20. The molecule has 25 heavy (non-hydrogen) atoms. The van der Waals surface area contributed by atoms with Crippen LogP contribution in [0.1, 0.15) is 42.4 Å². The Kier molecular flexibility index (Phi) is 5.93. The summed E-state index contributed by atoms with van der Waals surface area (Å²) in [7, 11) is 0. The van der Waals surface area contributed by atoms with Crippen LogP contribution in [0.4, 0.5) is 5.69 Å². The fourth-order valence-electron chi connectivity index (χ4n) is 1.97. The van der Waals surface area contributed by atoms with Crippen molar-refractivity contribution in [3.05, 3.63) is 56.3 Å². The van der Waals surface area contributed by atoms with Crippen LogP contribution in [0.3, 0.4) is 0 Å². The highest BCUT2D eigenvalue weighted by Gasteiger charge is 2.19. The molecular weight excluding hydrogens is 383 g/mol. The number of nitrogens with two attached hydrogens (primary N) is 1. The van der Waals surface area contributed by atoms with E-state index in [1.807, 2.05) is 24.3 Å². The predicted octanol–water partition coefficient (Wildman–Crippen LogP) is 4.69. The second-order valence-corrected chi connectivity index (χ2v) is 7.48. The minimum atomic E-state index is -0.641. The average Bonchev–Trinajstić information content (AvgIpc) is 2.55. The number of halogens is 3. The number of hydrogen-bond donors (Lipinski definition) is 2. The van der Waals surface area contributed by atoms with E-state index in [1.54, 1.807) is 0 Å². The Morgan fingerprint density at radius 1 is 1.16 bits per heavy atom. The van der Waals surface area contributed by atoms with E-state index in [0.717, 1.165) is 5.56 Å². The van der Waals surface area contributed by atoms with Crippen molar-refractivity contribution in [1.82, 2.24) is 10.4 Å². The predicted molar refractivity (Wildman–Crippen MR) is 104 cm³/mol. The van der Waals surface area contributed by atoms with Crippen LogP contribution in [0.2, 0.25) is 15.2 Å². The summed E-state index contributed by atoms with van der Waals surface area (Å²) in [5, 5.41) is 3.72. The number of benzene rings is 1. The van der Waals surface area contributed by atoms with Gasteiger partial charge in [0.25, 0.3) is 5.91 Å². The molecule has 2 rings (SSSR count). The number of nitrogens with zero attached hydrogens (tertiary/aromatic N) is 2. The lowest BCUT2D eigenvalue weighted by atomic mass is 9.87. The molecule has 0 bridgehead atoms. The van der Waals surface area contributed by atoms with Crippen LogP contribution in [0.5, 0.6) is 0 Å². The summed E-state index contributed by atoms with van der Waals surface area (Å²) in [5.74, 6) is -0.641. The molecule has 1 aromatic heterocycles. The molecule has 0 fully saturated rings. The standard InChI is InChI=1S/C17H17Cl3N4O/c1-17(2,3)10-6-4-9(5-7-10)8-22-24-16(25)14-11(18)13(21)12(19)15(20)23-14/h4-8H,1-3H3,(H2,21,23)(H,24,25)/b22-8+. The fraction of sp³-hybridized carbons (Fsp3) is 0.235. The molecule has 0 aliphatic heterocycles. The van der Waals surface area contributed by atoms with E-state index in [2.05, 4.69) is 36.3 Å². The van der Waals surface area contributed by atoms with Crippen molar-refractivity contribution in [2.45, 2.75) is 26.2 Å². The Morgan fingerprint density at radius 3 is 2.32 bits per heavy atom. The number of pyridine rings is 1. The minimum Gasteiger partial charge on any atom is -0.396 e. The summed E-state index contributed by atoms with van der Waals surface area (Å²) < 4.78 is 0. The summed E-state index contributed by atoms with van der Waals surface area (Å²) in [5.41, 5.74) is 9.98. The average molecular weight is 400 g/mol. The number of amides is 1. The molecule has 0 saturated carbocycles. The maximum Gasteiger partial charge on any atom is 0.291 e. The first-order valence-corrected chi connectivity index (χ1v) is 8.48. The summed E-state index contributed by atoms with van der Waals surface area (Å²) in [6, 6.07) is 7.86. The van der Waals surface area contributed by atoms with Crippen molar-refractivity contribution in [2.24, 2.45) is 5.10 Å². The highest BCUT2D eigenvalue weighted by Crippen LogP contribution is 2.34. The van der Waals surface area contributed by atoms with E-state index in [4.69, 9.17) is 40.5 Å². The van der Waals surface area contributed by atoms with Gasteiger partial charge in [-0.2, -0.15) is 5.10 Å². The van der Waals surface area contributed by atoms with Gasteiger partial charge in [0.05, 0.1) is 16.9 Å². The minimum absolute atomic E-state index is 0.00441. The number of rotatable bonds is 3. The Bertz CT molecular complexity index is 827. The van der Waals surface area contributed by atoms with Gasteiger partial charge in [-0.3, -0.25) is 4.79 Å². The maximum absolute atomic E-state index is 12.1. The van der Waals surface area contributed by atoms with Crippen molar-refractivity contribution in [1.29, 1.82) is 0 Å². The van der Waals surface area contributed by atoms with Gasteiger partial charge in [0.15, 0.2) is 10.8 Å². The first kappa shape index (κ1) is 19.5. The lowest BCUT2D eigenvalue weighted by molar-refractivity contribution is 0.0950. The molecule has 1 amide bonds. The number of hydrogen-bond acceptors (Lipinski definition) is 4. The Hall–Kier alpha value is -1.82. The third-order valence-electron chi connectivity index (χ3n) is 3.44. The highest BCUT2D eigenvalue weighted by molar-refractivity contribution is 6.46. The van der Waals surface area contributed by atoms with Crippen molar-refractivity contribution >= 4 is 52.6 Å². The molecule has 1 heterocycles. The van der Waals surface area contributed by atoms with Crippen LogP contribution in [0, 0.1) is 0 Å². The van der Waals surface area contributed by atoms with E-state index in [0.29, 0.717) is 0 Å². The van der Waals surface area contributed by atoms with Gasteiger partial charge in [-0.05, 0) is 16.5 Å². The molecule has 0 spiro atoms. The van der Waals surface area contributed by atoms with Crippen molar-refractivity contribution in [3.63, 3.8) is 0 Å². The Labute approximate surface area is 161 Å². The molecule has 5 nitrogen and oxygen atoms in total. The quantitative estimate of drug-likeness (QED) is 0.446. The van der Waals surface area contributed by atoms with Crippen LogP contribution >= 0.6 is 34.8 Å². The Balaban J connectivity index is 2.11. The molecule has 0 aliphatic rings. The van der Waals surface area contributed by atoms with Gasteiger partial charge in [0.2, 0.25) is 0 Å². The summed E-state index contributed by atoms with van der Waals surface area (Å²) >= 11 is 17.6.